The monoisotopic (exact) mass is 526 g/mol. The minimum Gasteiger partial charge on any atom is -0.469 e. The van der Waals surface area contributed by atoms with Crippen LogP contribution >= 0.6 is 0 Å². The molecule has 0 radical (unpaired) electrons. The molecule has 1 unspecified atom stereocenters. The van der Waals surface area contributed by atoms with Gasteiger partial charge in [-0.2, -0.15) is 0 Å². The van der Waals surface area contributed by atoms with Crippen LogP contribution in [0.15, 0.2) is 42.5 Å². The molecule has 2 aromatic carbocycles. The van der Waals surface area contributed by atoms with Gasteiger partial charge >= 0.3 is 11.9 Å². The van der Waals surface area contributed by atoms with Crippen LogP contribution in [-0.4, -0.2) is 32.3 Å². The molecule has 0 heterocycles. The molecular formula is C33H50O5. The van der Waals surface area contributed by atoms with Gasteiger partial charge in [0.05, 0.1) is 7.11 Å². The van der Waals surface area contributed by atoms with Gasteiger partial charge in [-0.1, -0.05) is 107 Å². The molecule has 212 valence electrons. The van der Waals surface area contributed by atoms with Gasteiger partial charge in [-0.05, 0) is 49.8 Å². The molecule has 0 aliphatic rings. The number of methoxy groups -OCH3 is 2. The molecule has 0 aliphatic carbocycles. The highest BCUT2D eigenvalue weighted by Crippen LogP contribution is 2.33. The minimum absolute atomic E-state index is 0.0814. The maximum Gasteiger partial charge on any atom is 0.343 e. The Morgan fingerprint density at radius 2 is 1.34 bits per heavy atom. The van der Waals surface area contributed by atoms with E-state index in [1.54, 1.807) is 7.11 Å². The summed E-state index contributed by atoms with van der Waals surface area (Å²) in [6, 6.07) is 14.1. The van der Waals surface area contributed by atoms with Crippen molar-refractivity contribution < 1.29 is 23.8 Å². The van der Waals surface area contributed by atoms with Crippen molar-refractivity contribution >= 4 is 22.7 Å². The second-order valence-corrected chi connectivity index (χ2v) is 10.6. The Bertz CT molecular complexity index is 950. The lowest BCUT2D eigenvalue weighted by molar-refractivity contribution is -0.174. The third-order valence-electron chi connectivity index (χ3n) is 7.64. The van der Waals surface area contributed by atoms with Gasteiger partial charge in [0, 0.05) is 19.1 Å². The summed E-state index contributed by atoms with van der Waals surface area (Å²) < 4.78 is 16.7. The second-order valence-electron chi connectivity index (χ2n) is 10.6. The number of unbranched alkanes of at least 4 members (excludes halogenated alkanes) is 10. The zero-order valence-corrected chi connectivity index (χ0v) is 24.3. The minimum atomic E-state index is -1.16. The summed E-state index contributed by atoms with van der Waals surface area (Å²) in [5.41, 5.74) is -0.310. The third kappa shape index (κ3) is 10.4. The van der Waals surface area contributed by atoms with Crippen molar-refractivity contribution in [2.24, 2.45) is 0 Å². The molecule has 0 aromatic heterocycles. The van der Waals surface area contributed by atoms with Gasteiger partial charge in [-0.25, -0.2) is 4.79 Å². The normalized spacial score (nSPS) is 13.7. The highest BCUT2D eigenvalue weighted by Gasteiger charge is 2.39. The van der Waals surface area contributed by atoms with E-state index < -0.39 is 5.60 Å². The van der Waals surface area contributed by atoms with Crippen LogP contribution in [0, 0.1) is 0 Å². The lowest BCUT2D eigenvalue weighted by Gasteiger charge is -2.30. The van der Waals surface area contributed by atoms with Gasteiger partial charge in [-0.15, -0.1) is 0 Å². The summed E-state index contributed by atoms with van der Waals surface area (Å²) in [6.07, 6.45) is 15.9. The Kier molecular flexibility index (Phi) is 15.1. The van der Waals surface area contributed by atoms with Crippen LogP contribution < -0.4 is 0 Å². The molecule has 0 amide bonds. The van der Waals surface area contributed by atoms with E-state index in [1.165, 1.54) is 52.1 Å². The Morgan fingerprint density at radius 3 is 1.97 bits per heavy atom. The Balaban J connectivity index is 1.88. The first-order chi connectivity index (χ1) is 18.5. The fraction of sp³-hybridized carbons (Fsp3) is 0.636. The molecule has 0 saturated heterocycles. The van der Waals surface area contributed by atoms with E-state index in [1.807, 2.05) is 37.3 Å². The highest BCUT2D eigenvalue weighted by molar-refractivity contribution is 5.92. The van der Waals surface area contributed by atoms with Gasteiger partial charge in [-0.3, -0.25) is 4.79 Å². The molecular weight excluding hydrogens is 476 g/mol. The van der Waals surface area contributed by atoms with E-state index in [-0.39, 0.29) is 18.0 Å². The van der Waals surface area contributed by atoms with Crippen molar-refractivity contribution in [1.29, 1.82) is 0 Å². The van der Waals surface area contributed by atoms with Crippen LogP contribution in [-0.2, 0) is 29.4 Å². The van der Waals surface area contributed by atoms with E-state index in [2.05, 4.69) is 23.8 Å². The van der Waals surface area contributed by atoms with Crippen LogP contribution in [0.2, 0.25) is 0 Å². The first kappa shape index (κ1) is 31.8. The van der Waals surface area contributed by atoms with Crippen LogP contribution in [0.5, 0.6) is 0 Å². The molecule has 2 rings (SSSR count). The van der Waals surface area contributed by atoms with Crippen molar-refractivity contribution in [3.05, 3.63) is 48.0 Å². The first-order valence-corrected chi connectivity index (χ1v) is 14.8. The summed E-state index contributed by atoms with van der Waals surface area (Å²) in [4.78, 5) is 24.8. The van der Waals surface area contributed by atoms with Crippen molar-refractivity contribution in [3.8, 4) is 0 Å². The fourth-order valence-electron chi connectivity index (χ4n) is 5.07. The molecule has 5 heteroatoms. The van der Waals surface area contributed by atoms with Crippen LogP contribution in [0.25, 0.3) is 10.8 Å². The summed E-state index contributed by atoms with van der Waals surface area (Å²) in [5.74, 6) is -0.415. The number of carbonyl (C=O) groups excluding carboxylic acids is 2. The lowest BCUT2D eigenvalue weighted by atomic mass is 9.90. The molecule has 0 aliphatic heterocycles. The quantitative estimate of drug-likeness (QED) is 0.128. The fourth-order valence-corrected chi connectivity index (χ4v) is 5.07. The van der Waals surface area contributed by atoms with Crippen LogP contribution in [0.1, 0.15) is 116 Å². The SMILES string of the molecule is CCCCCCC(CCCCCCCCCCC(=O)OC)OC(=O)[C@](C)(OC)c1cccc2ccccc12. The molecule has 5 nitrogen and oxygen atoms in total. The zero-order chi connectivity index (χ0) is 27.6. The van der Waals surface area contributed by atoms with Crippen molar-refractivity contribution in [3.63, 3.8) is 0 Å². The second kappa shape index (κ2) is 18.0. The molecule has 2 atom stereocenters. The number of rotatable bonds is 20. The Morgan fingerprint density at radius 1 is 0.763 bits per heavy atom. The average Bonchev–Trinajstić information content (AvgIpc) is 2.94. The number of ether oxygens (including phenoxy) is 3. The van der Waals surface area contributed by atoms with E-state index in [9.17, 15) is 9.59 Å². The molecule has 0 spiro atoms. The molecule has 2 aromatic rings. The van der Waals surface area contributed by atoms with Crippen LogP contribution in [0.4, 0.5) is 0 Å². The maximum atomic E-state index is 13.6. The van der Waals surface area contributed by atoms with Gasteiger partial charge in [0.15, 0.2) is 5.60 Å². The predicted octanol–water partition coefficient (Wildman–Crippen LogP) is 8.66. The number of hydrogen-bond donors (Lipinski definition) is 0. The van der Waals surface area contributed by atoms with Crippen molar-refractivity contribution in [1.82, 2.24) is 0 Å². The molecule has 0 saturated carbocycles. The summed E-state index contributed by atoms with van der Waals surface area (Å²) >= 11 is 0. The number of fused-ring (bicyclic) bond motifs is 1. The predicted molar refractivity (Wildman–Crippen MR) is 155 cm³/mol. The van der Waals surface area contributed by atoms with Crippen molar-refractivity contribution in [2.45, 2.75) is 122 Å². The lowest BCUT2D eigenvalue weighted by Crippen LogP contribution is -2.38. The zero-order valence-electron chi connectivity index (χ0n) is 24.3. The largest absolute Gasteiger partial charge is 0.469 e. The first-order valence-electron chi connectivity index (χ1n) is 14.8. The van der Waals surface area contributed by atoms with Gasteiger partial charge in [0.1, 0.15) is 6.10 Å². The van der Waals surface area contributed by atoms with E-state index >= 15 is 0 Å². The molecule has 0 N–H and O–H groups in total. The maximum absolute atomic E-state index is 13.6. The van der Waals surface area contributed by atoms with E-state index in [0.29, 0.717) is 6.42 Å². The highest BCUT2D eigenvalue weighted by atomic mass is 16.6. The average molecular weight is 527 g/mol. The van der Waals surface area contributed by atoms with Gasteiger partial charge in [0.25, 0.3) is 0 Å². The number of esters is 2. The molecule has 0 fully saturated rings. The molecule has 0 bridgehead atoms. The number of carbonyl (C=O) groups is 2. The van der Waals surface area contributed by atoms with Crippen molar-refractivity contribution in [2.75, 3.05) is 14.2 Å². The molecule has 38 heavy (non-hydrogen) atoms. The smallest absolute Gasteiger partial charge is 0.343 e. The Hall–Kier alpha value is -2.40. The van der Waals surface area contributed by atoms with Gasteiger partial charge < -0.3 is 14.2 Å². The topological polar surface area (TPSA) is 61.8 Å². The number of hydrogen-bond acceptors (Lipinski definition) is 5. The summed E-state index contributed by atoms with van der Waals surface area (Å²) in [7, 11) is 3.04. The third-order valence-corrected chi connectivity index (χ3v) is 7.64. The summed E-state index contributed by atoms with van der Waals surface area (Å²) in [6.45, 7) is 4.04. The van der Waals surface area contributed by atoms with Gasteiger partial charge in [0.2, 0.25) is 0 Å². The summed E-state index contributed by atoms with van der Waals surface area (Å²) in [5, 5.41) is 2.10. The Labute approximate surface area is 230 Å². The van der Waals surface area contributed by atoms with E-state index in [0.717, 1.165) is 61.3 Å². The number of benzene rings is 2. The van der Waals surface area contributed by atoms with E-state index in [4.69, 9.17) is 9.47 Å². The standard InChI is InChI=1S/C33H50O5/c1-5-6-7-14-22-28(23-15-12-10-8-9-11-13-16-26-31(34)36-3)38-32(35)33(2,37-4)30-25-19-21-27-20-17-18-24-29(27)30/h17-21,24-25,28H,5-16,22-23,26H2,1-4H3/t28?,33-/m1/s1. The van der Waals surface area contributed by atoms with Crippen LogP contribution in [0.3, 0.4) is 0 Å².